The van der Waals surface area contributed by atoms with Crippen molar-refractivity contribution >= 4 is 22.9 Å². The Balaban J connectivity index is 2.05. The van der Waals surface area contributed by atoms with E-state index < -0.39 is 0 Å². The molecule has 2 nitrogen and oxygen atoms in total. The van der Waals surface area contributed by atoms with Crippen molar-refractivity contribution < 1.29 is 4.74 Å². The van der Waals surface area contributed by atoms with E-state index in [1.807, 2.05) is 29.5 Å². The fourth-order valence-corrected chi connectivity index (χ4v) is 3.46. The van der Waals surface area contributed by atoms with Gasteiger partial charge in [0.1, 0.15) is 5.75 Å². The highest BCUT2D eigenvalue weighted by Crippen LogP contribution is 2.31. The summed E-state index contributed by atoms with van der Waals surface area (Å²) in [4.78, 5) is 1.45. The maximum absolute atomic E-state index is 6.15. The van der Waals surface area contributed by atoms with Gasteiger partial charge in [-0.15, -0.1) is 11.3 Å². The highest BCUT2D eigenvalue weighted by atomic mass is 35.5. The lowest BCUT2D eigenvalue weighted by atomic mass is 9.99. The van der Waals surface area contributed by atoms with E-state index in [2.05, 4.69) is 29.8 Å². The number of benzene rings is 1. The number of halogens is 1. The molecule has 2 rings (SSSR count). The Morgan fingerprint density at radius 3 is 2.86 bits per heavy atom. The van der Waals surface area contributed by atoms with Gasteiger partial charge >= 0.3 is 0 Å². The lowest BCUT2D eigenvalue weighted by Crippen LogP contribution is -2.21. The maximum Gasteiger partial charge on any atom is 0.123 e. The van der Waals surface area contributed by atoms with Crippen LogP contribution in [0.1, 0.15) is 36.2 Å². The van der Waals surface area contributed by atoms with Crippen molar-refractivity contribution in [3.63, 3.8) is 0 Å². The minimum atomic E-state index is 0.281. The molecule has 1 N–H and O–H groups in total. The molecular weight excluding hydrogens is 302 g/mol. The molecule has 1 aromatic carbocycles. The monoisotopic (exact) mass is 323 g/mol. The molecule has 4 heteroatoms. The summed E-state index contributed by atoms with van der Waals surface area (Å²) in [6, 6.07) is 10.4. The third kappa shape index (κ3) is 4.73. The molecule has 0 spiro atoms. The maximum atomic E-state index is 6.15. The van der Waals surface area contributed by atoms with Crippen LogP contribution in [0.25, 0.3) is 0 Å². The van der Waals surface area contributed by atoms with Gasteiger partial charge < -0.3 is 10.1 Å². The molecule has 1 atom stereocenters. The van der Waals surface area contributed by atoms with Crippen molar-refractivity contribution in [1.29, 1.82) is 0 Å². The van der Waals surface area contributed by atoms with Crippen molar-refractivity contribution in [2.24, 2.45) is 0 Å². The minimum absolute atomic E-state index is 0.281. The standard InChI is InChI=1S/C17H22ClNOS/c1-3-19-16(8-4-6-14-7-5-11-21-14)15-12-13(18)9-10-17(15)20-2/h5,7,9-12,16,19H,3-4,6,8H2,1-2H3. The lowest BCUT2D eigenvalue weighted by molar-refractivity contribution is 0.394. The van der Waals surface area contributed by atoms with E-state index in [0.717, 1.165) is 42.1 Å². The van der Waals surface area contributed by atoms with Gasteiger partial charge in [0.05, 0.1) is 7.11 Å². The van der Waals surface area contributed by atoms with E-state index in [-0.39, 0.29) is 6.04 Å². The Bertz CT molecular complexity index is 542. The van der Waals surface area contributed by atoms with Gasteiger partial charge in [0.2, 0.25) is 0 Å². The van der Waals surface area contributed by atoms with E-state index in [9.17, 15) is 0 Å². The van der Waals surface area contributed by atoms with Crippen LogP contribution in [0.3, 0.4) is 0 Å². The lowest BCUT2D eigenvalue weighted by Gasteiger charge is -2.21. The number of methoxy groups -OCH3 is 1. The Labute approximate surface area is 136 Å². The SMILES string of the molecule is CCNC(CCCc1cccs1)c1cc(Cl)ccc1OC. The Morgan fingerprint density at radius 1 is 1.33 bits per heavy atom. The number of hydrogen-bond donors (Lipinski definition) is 1. The number of ether oxygens (including phenoxy) is 1. The van der Waals surface area contributed by atoms with Crippen LogP contribution >= 0.6 is 22.9 Å². The predicted octanol–water partition coefficient (Wildman–Crippen LogP) is 5.08. The Morgan fingerprint density at radius 2 is 2.19 bits per heavy atom. The molecule has 0 aliphatic rings. The van der Waals surface area contributed by atoms with E-state index >= 15 is 0 Å². The van der Waals surface area contributed by atoms with Crippen LogP contribution in [0, 0.1) is 0 Å². The van der Waals surface area contributed by atoms with Crippen molar-refractivity contribution in [1.82, 2.24) is 5.32 Å². The summed E-state index contributed by atoms with van der Waals surface area (Å²) in [6.45, 7) is 3.06. The predicted molar refractivity (Wildman–Crippen MR) is 91.7 cm³/mol. The zero-order valence-electron chi connectivity index (χ0n) is 12.6. The van der Waals surface area contributed by atoms with Crippen LogP contribution in [0.2, 0.25) is 5.02 Å². The molecule has 114 valence electrons. The highest BCUT2D eigenvalue weighted by Gasteiger charge is 2.15. The first-order chi connectivity index (χ1) is 10.2. The van der Waals surface area contributed by atoms with Crippen LogP contribution < -0.4 is 10.1 Å². The van der Waals surface area contributed by atoms with Gasteiger partial charge in [-0.3, -0.25) is 0 Å². The second-order valence-electron chi connectivity index (χ2n) is 4.97. The summed E-state index contributed by atoms with van der Waals surface area (Å²) >= 11 is 7.98. The van der Waals surface area contributed by atoms with Crippen LogP contribution in [-0.4, -0.2) is 13.7 Å². The van der Waals surface area contributed by atoms with Gasteiger partial charge in [0.25, 0.3) is 0 Å². The van der Waals surface area contributed by atoms with E-state index in [1.54, 1.807) is 7.11 Å². The molecule has 0 bridgehead atoms. The number of aryl methyl sites for hydroxylation is 1. The summed E-state index contributed by atoms with van der Waals surface area (Å²) in [5.74, 6) is 0.904. The Kier molecular flexibility index (Phi) is 6.55. The van der Waals surface area contributed by atoms with Gasteiger partial charge in [0, 0.05) is 21.5 Å². The molecule has 0 radical (unpaired) electrons. The fraction of sp³-hybridized carbons (Fsp3) is 0.412. The van der Waals surface area contributed by atoms with Crippen molar-refractivity contribution in [3.8, 4) is 5.75 Å². The van der Waals surface area contributed by atoms with Gasteiger partial charge in [0.15, 0.2) is 0 Å². The minimum Gasteiger partial charge on any atom is -0.496 e. The van der Waals surface area contributed by atoms with E-state index in [1.165, 1.54) is 4.88 Å². The molecule has 0 aliphatic carbocycles. The molecule has 0 fully saturated rings. The number of nitrogens with one attached hydrogen (secondary N) is 1. The van der Waals surface area contributed by atoms with Crippen molar-refractivity contribution in [2.75, 3.05) is 13.7 Å². The zero-order chi connectivity index (χ0) is 15.1. The highest BCUT2D eigenvalue weighted by molar-refractivity contribution is 7.09. The number of rotatable bonds is 8. The van der Waals surface area contributed by atoms with Crippen LogP contribution in [0.4, 0.5) is 0 Å². The van der Waals surface area contributed by atoms with Crippen LogP contribution in [0.5, 0.6) is 5.75 Å². The molecule has 0 saturated heterocycles. The quantitative estimate of drug-likeness (QED) is 0.731. The van der Waals surface area contributed by atoms with Gasteiger partial charge in [-0.2, -0.15) is 0 Å². The molecular formula is C17H22ClNOS. The fourth-order valence-electron chi connectivity index (χ4n) is 2.53. The molecule has 2 aromatic rings. The summed E-state index contributed by atoms with van der Waals surface area (Å²) in [5.41, 5.74) is 1.15. The summed E-state index contributed by atoms with van der Waals surface area (Å²) in [7, 11) is 1.71. The second-order valence-corrected chi connectivity index (χ2v) is 6.44. The molecule has 1 unspecified atom stereocenters. The molecule has 1 heterocycles. The summed E-state index contributed by atoms with van der Waals surface area (Å²) in [5, 5.41) is 6.44. The van der Waals surface area contributed by atoms with Crippen LogP contribution in [0.15, 0.2) is 35.7 Å². The first-order valence-corrected chi connectivity index (χ1v) is 8.59. The summed E-state index contributed by atoms with van der Waals surface area (Å²) in [6.07, 6.45) is 3.35. The topological polar surface area (TPSA) is 21.3 Å². The smallest absolute Gasteiger partial charge is 0.123 e. The van der Waals surface area contributed by atoms with Crippen molar-refractivity contribution in [3.05, 3.63) is 51.2 Å². The number of hydrogen-bond acceptors (Lipinski definition) is 3. The largest absolute Gasteiger partial charge is 0.496 e. The number of thiophene rings is 1. The summed E-state index contributed by atoms with van der Waals surface area (Å²) < 4.78 is 5.48. The molecule has 0 amide bonds. The first kappa shape index (κ1) is 16.3. The van der Waals surface area contributed by atoms with E-state index in [4.69, 9.17) is 16.3 Å². The molecule has 0 aliphatic heterocycles. The Hall–Kier alpha value is -1.03. The van der Waals surface area contributed by atoms with E-state index in [0.29, 0.717) is 0 Å². The van der Waals surface area contributed by atoms with Crippen LogP contribution in [-0.2, 0) is 6.42 Å². The molecule has 21 heavy (non-hydrogen) atoms. The average molecular weight is 324 g/mol. The molecule has 1 aromatic heterocycles. The third-order valence-electron chi connectivity index (χ3n) is 3.51. The first-order valence-electron chi connectivity index (χ1n) is 7.33. The van der Waals surface area contributed by atoms with Gasteiger partial charge in [-0.1, -0.05) is 24.6 Å². The third-order valence-corrected chi connectivity index (χ3v) is 4.69. The average Bonchev–Trinajstić information content (AvgIpc) is 2.99. The zero-order valence-corrected chi connectivity index (χ0v) is 14.1. The van der Waals surface area contributed by atoms with Gasteiger partial charge in [-0.05, 0) is 55.5 Å². The van der Waals surface area contributed by atoms with Gasteiger partial charge in [-0.25, -0.2) is 0 Å². The second kappa shape index (κ2) is 8.42. The van der Waals surface area contributed by atoms with Crippen molar-refractivity contribution in [2.45, 2.75) is 32.2 Å². The molecule has 0 saturated carbocycles. The normalized spacial score (nSPS) is 12.3.